The molecule has 0 radical (unpaired) electrons. The van der Waals surface area contributed by atoms with E-state index in [9.17, 15) is 9.90 Å². The molecule has 1 aliphatic heterocycles. The highest BCUT2D eigenvalue weighted by atomic mass is 16.5. The maximum atomic E-state index is 11.7. The molecule has 38 heavy (non-hydrogen) atoms. The van der Waals surface area contributed by atoms with Gasteiger partial charge in [0.2, 0.25) is 0 Å². The minimum Gasteiger partial charge on any atom is -0.485 e. The smallest absolute Gasteiger partial charge is 0.347 e. The molecule has 196 valence electrons. The molecular formula is C32H34N2O4. The number of carbonyl (C=O) groups is 1. The van der Waals surface area contributed by atoms with Gasteiger partial charge in [0.25, 0.3) is 0 Å². The van der Waals surface area contributed by atoms with Gasteiger partial charge in [-0.3, -0.25) is 0 Å². The lowest BCUT2D eigenvalue weighted by atomic mass is 9.99. The molecule has 0 saturated heterocycles. The molecular weight excluding hydrogens is 476 g/mol. The van der Waals surface area contributed by atoms with Gasteiger partial charge in [-0.25, -0.2) is 4.79 Å². The first-order valence-corrected chi connectivity index (χ1v) is 13.0. The number of para-hydroxylation sites is 2. The quantitative estimate of drug-likeness (QED) is 0.277. The summed E-state index contributed by atoms with van der Waals surface area (Å²) in [6.45, 7) is 8.53. The van der Waals surface area contributed by atoms with Crippen molar-refractivity contribution >= 4 is 28.1 Å². The van der Waals surface area contributed by atoms with Gasteiger partial charge in [-0.15, -0.1) is 0 Å². The van der Waals surface area contributed by atoms with Crippen molar-refractivity contribution in [1.29, 1.82) is 0 Å². The van der Waals surface area contributed by atoms with Crippen LogP contribution in [-0.2, 0) is 4.79 Å². The molecule has 2 N–H and O–H groups in total. The summed E-state index contributed by atoms with van der Waals surface area (Å²) in [5.41, 5.74) is 2.70. The molecule has 0 aliphatic carbocycles. The lowest BCUT2D eigenvalue weighted by molar-refractivity contribution is -0.152. The summed E-state index contributed by atoms with van der Waals surface area (Å²) in [4.78, 5) is 13.9. The summed E-state index contributed by atoms with van der Waals surface area (Å²) in [7, 11) is 0. The highest BCUT2D eigenvalue weighted by Crippen LogP contribution is 2.40. The number of fused-ring (bicyclic) bond motifs is 2. The zero-order chi connectivity index (χ0) is 26.9. The molecule has 4 aromatic rings. The standard InChI is InChI=1S/C32H34N2O4/c1-21-16-17-24(18-30(21)38-32(3,4)31(35)36)34-20-25(37-29-15-8-7-14-28(29)34)19-33-22(2)26-13-9-11-23-10-5-6-12-27(23)26/h5-18,22,25,33H,19-20H2,1-4H3,(H,35,36). The molecule has 0 saturated carbocycles. The Morgan fingerprint density at radius 2 is 1.82 bits per heavy atom. The van der Waals surface area contributed by atoms with Crippen molar-refractivity contribution in [3.05, 3.63) is 96.1 Å². The summed E-state index contributed by atoms with van der Waals surface area (Å²) in [5.74, 6) is 0.362. The number of carboxylic acids is 1. The topological polar surface area (TPSA) is 71.0 Å². The second-order valence-corrected chi connectivity index (χ2v) is 10.4. The lowest BCUT2D eigenvalue weighted by Crippen LogP contribution is -2.44. The Kier molecular flexibility index (Phi) is 7.00. The second kappa shape index (κ2) is 10.4. The average molecular weight is 511 g/mol. The van der Waals surface area contributed by atoms with E-state index in [4.69, 9.17) is 9.47 Å². The van der Waals surface area contributed by atoms with Crippen LogP contribution in [0.5, 0.6) is 11.5 Å². The second-order valence-electron chi connectivity index (χ2n) is 10.4. The molecule has 6 heteroatoms. The summed E-state index contributed by atoms with van der Waals surface area (Å²) < 4.78 is 12.3. The predicted molar refractivity (Wildman–Crippen MR) is 152 cm³/mol. The molecule has 4 aromatic carbocycles. The van der Waals surface area contributed by atoms with E-state index in [0.717, 1.165) is 22.7 Å². The Morgan fingerprint density at radius 1 is 1.08 bits per heavy atom. The van der Waals surface area contributed by atoms with Crippen LogP contribution in [0.15, 0.2) is 84.9 Å². The fraction of sp³-hybridized carbons (Fsp3) is 0.281. The number of aryl methyl sites for hydroxylation is 1. The third kappa shape index (κ3) is 5.18. The minimum atomic E-state index is -1.34. The number of aliphatic carboxylic acids is 1. The van der Waals surface area contributed by atoms with Crippen LogP contribution in [0.4, 0.5) is 11.4 Å². The number of anilines is 2. The summed E-state index contributed by atoms with van der Waals surface area (Å²) in [5, 5.41) is 15.7. The van der Waals surface area contributed by atoms with E-state index in [0.29, 0.717) is 18.8 Å². The first-order valence-electron chi connectivity index (χ1n) is 13.0. The minimum absolute atomic E-state index is 0.0940. The Bertz CT molecular complexity index is 1460. The summed E-state index contributed by atoms with van der Waals surface area (Å²) in [6.07, 6.45) is -0.0940. The van der Waals surface area contributed by atoms with Crippen LogP contribution < -0.4 is 19.7 Å². The molecule has 1 heterocycles. The van der Waals surface area contributed by atoms with Crippen molar-refractivity contribution in [1.82, 2.24) is 5.32 Å². The van der Waals surface area contributed by atoms with E-state index >= 15 is 0 Å². The highest BCUT2D eigenvalue weighted by molar-refractivity contribution is 5.86. The van der Waals surface area contributed by atoms with E-state index in [1.807, 2.05) is 49.4 Å². The average Bonchev–Trinajstić information content (AvgIpc) is 2.92. The molecule has 1 aliphatic rings. The Hall–Kier alpha value is -4.03. The lowest BCUT2D eigenvalue weighted by Gasteiger charge is -2.37. The van der Waals surface area contributed by atoms with Crippen LogP contribution in [0.25, 0.3) is 10.8 Å². The fourth-order valence-corrected chi connectivity index (χ4v) is 4.88. The molecule has 0 spiro atoms. The van der Waals surface area contributed by atoms with E-state index in [1.54, 1.807) is 13.8 Å². The van der Waals surface area contributed by atoms with E-state index < -0.39 is 11.6 Å². The number of nitrogens with one attached hydrogen (secondary N) is 1. The van der Waals surface area contributed by atoms with Crippen LogP contribution in [0.2, 0.25) is 0 Å². The van der Waals surface area contributed by atoms with E-state index in [2.05, 4.69) is 59.6 Å². The Morgan fingerprint density at radius 3 is 2.63 bits per heavy atom. The van der Waals surface area contributed by atoms with Crippen LogP contribution in [0.3, 0.4) is 0 Å². The largest absolute Gasteiger partial charge is 0.485 e. The van der Waals surface area contributed by atoms with Crippen LogP contribution >= 0.6 is 0 Å². The monoisotopic (exact) mass is 510 g/mol. The normalized spacial score (nSPS) is 16.0. The Balaban J connectivity index is 1.38. The third-order valence-corrected chi connectivity index (χ3v) is 7.14. The molecule has 0 aromatic heterocycles. The van der Waals surface area contributed by atoms with Crippen LogP contribution in [-0.4, -0.2) is 35.9 Å². The predicted octanol–water partition coefficient (Wildman–Crippen LogP) is 6.64. The maximum absolute atomic E-state index is 11.7. The van der Waals surface area contributed by atoms with Gasteiger partial charge in [-0.05, 0) is 67.8 Å². The SMILES string of the molecule is Cc1ccc(N2CC(CNC(C)c3cccc4ccccc34)Oc3ccccc32)cc1OC(C)(C)C(=O)O. The zero-order valence-electron chi connectivity index (χ0n) is 22.3. The number of nitrogens with zero attached hydrogens (tertiary/aromatic N) is 1. The van der Waals surface area contributed by atoms with Crippen molar-refractivity contribution in [2.24, 2.45) is 0 Å². The first kappa shape index (κ1) is 25.6. The number of benzene rings is 4. The van der Waals surface area contributed by atoms with Crippen molar-refractivity contribution in [2.45, 2.75) is 45.4 Å². The van der Waals surface area contributed by atoms with Gasteiger partial charge in [0.15, 0.2) is 5.60 Å². The van der Waals surface area contributed by atoms with Crippen molar-refractivity contribution < 1.29 is 19.4 Å². The third-order valence-electron chi connectivity index (χ3n) is 7.14. The van der Waals surface area contributed by atoms with Gasteiger partial charge in [0.05, 0.1) is 12.2 Å². The zero-order valence-corrected chi connectivity index (χ0v) is 22.3. The van der Waals surface area contributed by atoms with Gasteiger partial charge in [-0.1, -0.05) is 60.7 Å². The number of rotatable bonds is 8. The van der Waals surface area contributed by atoms with Gasteiger partial charge in [0, 0.05) is 24.3 Å². The summed E-state index contributed by atoms with van der Waals surface area (Å²) in [6, 6.07) is 29.0. The molecule has 5 rings (SSSR count). The van der Waals surface area contributed by atoms with Gasteiger partial charge in [0.1, 0.15) is 17.6 Å². The number of carboxylic acid groups (broad SMARTS) is 1. The molecule has 2 atom stereocenters. The van der Waals surface area contributed by atoms with Gasteiger partial charge in [-0.2, -0.15) is 0 Å². The maximum Gasteiger partial charge on any atom is 0.347 e. The van der Waals surface area contributed by atoms with E-state index in [1.165, 1.54) is 16.3 Å². The first-order chi connectivity index (χ1) is 18.2. The summed E-state index contributed by atoms with van der Waals surface area (Å²) >= 11 is 0. The van der Waals surface area contributed by atoms with Crippen LogP contribution in [0, 0.1) is 6.92 Å². The van der Waals surface area contributed by atoms with Crippen molar-refractivity contribution in [2.75, 3.05) is 18.0 Å². The fourth-order valence-electron chi connectivity index (χ4n) is 4.88. The number of hydrogen-bond donors (Lipinski definition) is 2. The molecule has 0 bridgehead atoms. The van der Waals surface area contributed by atoms with Crippen molar-refractivity contribution in [3.8, 4) is 11.5 Å². The van der Waals surface area contributed by atoms with Crippen LogP contribution in [0.1, 0.15) is 37.9 Å². The van der Waals surface area contributed by atoms with Gasteiger partial charge < -0.3 is 24.8 Å². The van der Waals surface area contributed by atoms with Gasteiger partial charge >= 0.3 is 5.97 Å². The highest BCUT2D eigenvalue weighted by Gasteiger charge is 2.31. The molecule has 6 nitrogen and oxygen atoms in total. The molecule has 2 unspecified atom stereocenters. The Labute approximate surface area is 223 Å². The van der Waals surface area contributed by atoms with E-state index in [-0.39, 0.29) is 12.1 Å². The number of ether oxygens (including phenoxy) is 2. The molecule has 0 fully saturated rings. The number of hydrogen-bond acceptors (Lipinski definition) is 5. The molecule has 0 amide bonds. The van der Waals surface area contributed by atoms with Crippen molar-refractivity contribution in [3.63, 3.8) is 0 Å².